The van der Waals surface area contributed by atoms with Gasteiger partial charge in [0.05, 0.1) is 11.0 Å². The molecule has 9 heteroatoms. The third-order valence-corrected chi connectivity index (χ3v) is 4.71. The van der Waals surface area contributed by atoms with E-state index in [9.17, 15) is 4.79 Å². The van der Waals surface area contributed by atoms with Crippen LogP contribution in [0.3, 0.4) is 0 Å². The number of carbonyl (C=O) groups excluding carboxylic acids is 1. The standard InChI is InChI=1S/C16H14BrCl2N5O/c1-2-24-14(5-6-20-24)16(25)21-15-12(17)9-23(22-15)8-10-3-4-11(18)7-13(10)19/h3-7,9H,2,8H2,1H3,(H,21,22,25). The van der Waals surface area contributed by atoms with Gasteiger partial charge in [-0.2, -0.15) is 10.2 Å². The molecule has 0 radical (unpaired) electrons. The van der Waals surface area contributed by atoms with Gasteiger partial charge in [0.2, 0.25) is 0 Å². The fraction of sp³-hybridized carbons (Fsp3) is 0.188. The minimum absolute atomic E-state index is 0.269. The first-order valence-corrected chi connectivity index (χ1v) is 9.03. The Bertz CT molecular complexity index is 921. The summed E-state index contributed by atoms with van der Waals surface area (Å²) >= 11 is 15.5. The van der Waals surface area contributed by atoms with E-state index in [-0.39, 0.29) is 5.91 Å². The number of amides is 1. The Labute approximate surface area is 162 Å². The number of halogens is 3. The summed E-state index contributed by atoms with van der Waals surface area (Å²) in [6, 6.07) is 6.97. The van der Waals surface area contributed by atoms with Crippen molar-refractivity contribution in [3.05, 3.63) is 62.4 Å². The summed E-state index contributed by atoms with van der Waals surface area (Å²) in [6.45, 7) is 2.99. The zero-order valence-corrected chi connectivity index (χ0v) is 16.3. The van der Waals surface area contributed by atoms with E-state index in [4.69, 9.17) is 23.2 Å². The largest absolute Gasteiger partial charge is 0.303 e. The summed E-state index contributed by atoms with van der Waals surface area (Å²) in [5, 5.41) is 12.4. The highest BCUT2D eigenvalue weighted by molar-refractivity contribution is 9.10. The van der Waals surface area contributed by atoms with E-state index in [1.54, 1.807) is 40.0 Å². The second-order valence-corrected chi connectivity index (χ2v) is 6.94. The van der Waals surface area contributed by atoms with Crippen LogP contribution in [0.1, 0.15) is 23.0 Å². The van der Waals surface area contributed by atoms with Gasteiger partial charge in [0.25, 0.3) is 5.91 Å². The molecule has 2 heterocycles. The van der Waals surface area contributed by atoms with E-state index < -0.39 is 0 Å². The number of rotatable bonds is 5. The number of anilines is 1. The molecule has 3 rings (SSSR count). The van der Waals surface area contributed by atoms with Crippen molar-refractivity contribution in [1.82, 2.24) is 19.6 Å². The second kappa shape index (κ2) is 7.59. The molecule has 1 N–H and O–H groups in total. The monoisotopic (exact) mass is 441 g/mol. The summed E-state index contributed by atoms with van der Waals surface area (Å²) in [7, 11) is 0. The zero-order chi connectivity index (χ0) is 18.0. The minimum Gasteiger partial charge on any atom is -0.303 e. The van der Waals surface area contributed by atoms with E-state index in [1.807, 2.05) is 13.0 Å². The Balaban J connectivity index is 1.77. The van der Waals surface area contributed by atoms with Gasteiger partial charge in [0.15, 0.2) is 5.82 Å². The lowest BCUT2D eigenvalue weighted by Crippen LogP contribution is -2.18. The van der Waals surface area contributed by atoms with Crippen molar-refractivity contribution in [3.8, 4) is 0 Å². The van der Waals surface area contributed by atoms with Crippen LogP contribution in [0, 0.1) is 0 Å². The number of hydrogen-bond acceptors (Lipinski definition) is 3. The molecule has 0 bridgehead atoms. The summed E-state index contributed by atoms with van der Waals surface area (Å²) < 4.78 is 3.98. The predicted molar refractivity (Wildman–Crippen MR) is 101 cm³/mol. The van der Waals surface area contributed by atoms with Crippen molar-refractivity contribution in [1.29, 1.82) is 0 Å². The van der Waals surface area contributed by atoms with Crippen molar-refractivity contribution in [2.75, 3.05) is 5.32 Å². The van der Waals surface area contributed by atoms with E-state index in [0.29, 0.717) is 39.1 Å². The maximum Gasteiger partial charge on any atom is 0.275 e. The highest BCUT2D eigenvalue weighted by atomic mass is 79.9. The van der Waals surface area contributed by atoms with Gasteiger partial charge in [-0.15, -0.1) is 0 Å². The van der Waals surface area contributed by atoms with Crippen LogP contribution >= 0.6 is 39.1 Å². The van der Waals surface area contributed by atoms with Crippen LogP contribution in [0.25, 0.3) is 0 Å². The van der Waals surface area contributed by atoms with Gasteiger partial charge in [-0.1, -0.05) is 29.3 Å². The molecule has 0 aliphatic heterocycles. The third kappa shape index (κ3) is 4.05. The van der Waals surface area contributed by atoms with Gasteiger partial charge in [-0.05, 0) is 46.6 Å². The molecule has 0 aliphatic carbocycles. The molecular formula is C16H14BrCl2N5O. The maximum atomic E-state index is 12.4. The minimum atomic E-state index is -0.269. The van der Waals surface area contributed by atoms with Gasteiger partial charge in [-0.3, -0.25) is 14.2 Å². The number of aromatic nitrogens is 4. The normalized spacial score (nSPS) is 10.9. The smallest absolute Gasteiger partial charge is 0.275 e. The number of aryl methyl sites for hydroxylation is 1. The molecule has 1 aromatic carbocycles. The first-order chi connectivity index (χ1) is 12.0. The average molecular weight is 443 g/mol. The Kier molecular flexibility index (Phi) is 5.46. The molecule has 6 nitrogen and oxygen atoms in total. The zero-order valence-electron chi connectivity index (χ0n) is 13.2. The van der Waals surface area contributed by atoms with Crippen molar-refractivity contribution >= 4 is 50.9 Å². The van der Waals surface area contributed by atoms with Gasteiger partial charge in [-0.25, -0.2) is 0 Å². The Hall–Kier alpha value is -1.83. The number of carbonyl (C=O) groups is 1. The first kappa shape index (κ1) is 18.0. The van der Waals surface area contributed by atoms with Crippen molar-refractivity contribution in [3.63, 3.8) is 0 Å². The molecule has 3 aromatic rings. The molecule has 0 saturated heterocycles. The average Bonchev–Trinajstić information content (AvgIpc) is 3.17. The molecule has 25 heavy (non-hydrogen) atoms. The van der Waals surface area contributed by atoms with Gasteiger partial charge < -0.3 is 5.32 Å². The van der Waals surface area contributed by atoms with E-state index in [1.165, 1.54) is 0 Å². The molecule has 0 saturated carbocycles. The Morgan fingerprint density at radius 3 is 2.84 bits per heavy atom. The van der Waals surface area contributed by atoms with Crippen LogP contribution < -0.4 is 5.32 Å². The molecule has 2 aromatic heterocycles. The first-order valence-electron chi connectivity index (χ1n) is 7.48. The van der Waals surface area contributed by atoms with Gasteiger partial charge in [0, 0.05) is 29.0 Å². The maximum absolute atomic E-state index is 12.4. The summed E-state index contributed by atoms with van der Waals surface area (Å²) in [6.07, 6.45) is 3.37. The quantitative estimate of drug-likeness (QED) is 0.633. The molecule has 130 valence electrons. The summed E-state index contributed by atoms with van der Waals surface area (Å²) in [5.74, 6) is 0.161. The summed E-state index contributed by atoms with van der Waals surface area (Å²) in [5.41, 5.74) is 1.35. The van der Waals surface area contributed by atoms with Crippen LogP contribution in [0.5, 0.6) is 0 Å². The van der Waals surface area contributed by atoms with E-state index >= 15 is 0 Å². The lowest BCUT2D eigenvalue weighted by atomic mass is 10.2. The number of benzene rings is 1. The molecule has 0 atom stereocenters. The van der Waals surface area contributed by atoms with Crippen LogP contribution in [0.15, 0.2) is 41.1 Å². The van der Waals surface area contributed by atoms with Gasteiger partial charge >= 0.3 is 0 Å². The highest BCUT2D eigenvalue weighted by Crippen LogP contribution is 2.25. The van der Waals surface area contributed by atoms with Crippen molar-refractivity contribution in [2.24, 2.45) is 0 Å². The number of nitrogens with zero attached hydrogens (tertiary/aromatic N) is 4. The Morgan fingerprint density at radius 1 is 1.32 bits per heavy atom. The van der Waals surface area contributed by atoms with Crippen LogP contribution in [-0.2, 0) is 13.1 Å². The predicted octanol–water partition coefficient (Wildman–Crippen LogP) is 4.47. The van der Waals surface area contributed by atoms with Crippen LogP contribution in [-0.4, -0.2) is 25.5 Å². The second-order valence-electron chi connectivity index (χ2n) is 5.25. The third-order valence-electron chi connectivity index (χ3n) is 3.55. The number of hydrogen-bond donors (Lipinski definition) is 1. The topological polar surface area (TPSA) is 64.7 Å². The lowest BCUT2D eigenvalue weighted by Gasteiger charge is -2.06. The summed E-state index contributed by atoms with van der Waals surface area (Å²) in [4.78, 5) is 12.4. The van der Waals surface area contributed by atoms with E-state index in [0.717, 1.165) is 5.56 Å². The highest BCUT2D eigenvalue weighted by Gasteiger charge is 2.15. The van der Waals surface area contributed by atoms with Crippen molar-refractivity contribution in [2.45, 2.75) is 20.0 Å². The molecule has 1 amide bonds. The number of nitrogens with one attached hydrogen (secondary N) is 1. The van der Waals surface area contributed by atoms with Gasteiger partial charge in [0.1, 0.15) is 5.69 Å². The van der Waals surface area contributed by atoms with Crippen molar-refractivity contribution < 1.29 is 4.79 Å². The fourth-order valence-corrected chi connectivity index (χ4v) is 3.22. The van der Waals surface area contributed by atoms with E-state index in [2.05, 4.69) is 31.4 Å². The molecule has 0 spiro atoms. The van der Waals surface area contributed by atoms with Crippen LogP contribution in [0.4, 0.5) is 5.82 Å². The fourth-order valence-electron chi connectivity index (χ4n) is 2.34. The molecule has 0 unspecified atom stereocenters. The SMILES string of the molecule is CCn1nccc1C(=O)Nc1nn(Cc2ccc(Cl)cc2Cl)cc1Br. The lowest BCUT2D eigenvalue weighted by molar-refractivity contribution is 0.101. The van der Waals surface area contributed by atoms with Crippen LogP contribution in [0.2, 0.25) is 10.0 Å². The molecule has 0 aliphatic rings. The molecule has 0 fully saturated rings. The molecular weight excluding hydrogens is 429 g/mol. The Morgan fingerprint density at radius 2 is 2.12 bits per heavy atom.